The second-order valence-electron chi connectivity index (χ2n) is 5.00. The summed E-state index contributed by atoms with van der Waals surface area (Å²) in [5, 5.41) is 13.2. The number of carbonyl (C=O) groups is 1. The molecule has 2 N–H and O–H groups in total. The van der Waals surface area contributed by atoms with Gasteiger partial charge in [0.25, 0.3) is 0 Å². The van der Waals surface area contributed by atoms with Crippen molar-refractivity contribution in [2.45, 2.75) is 6.61 Å². The Morgan fingerprint density at radius 3 is 2.37 bits per heavy atom. The molecule has 0 amide bonds. The Bertz CT molecular complexity index is 836. The summed E-state index contributed by atoms with van der Waals surface area (Å²) in [5.74, 6) is -1.29. The number of methoxy groups -OCH3 is 2. The van der Waals surface area contributed by atoms with Crippen LogP contribution in [0.4, 0.5) is 14.5 Å². The molecule has 0 saturated carbocycles. The molecule has 0 unspecified atom stereocenters. The molecular formula is C17H15ClF2N2O5. The van der Waals surface area contributed by atoms with Crippen LogP contribution in [-0.4, -0.2) is 38.1 Å². The Hall–Kier alpha value is -3.07. The van der Waals surface area contributed by atoms with Gasteiger partial charge in [0.2, 0.25) is 5.75 Å². The zero-order valence-corrected chi connectivity index (χ0v) is 15.0. The summed E-state index contributed by atoms with van der Waals surface area (Å²) in [6.07, 6.45) is 1.35. The number of benzene rings is 2. The first kappa shape index (κ1) is 20.2. The van der Waals surface area contributed by atoms with Crippen LogP contribution in [0.15, 0.2) is 35.4 Å². The number of hydrogen-bond donors (Lipinski definition) is 2. The number of ether oxygens (including phenoxy) is 3. The van der Waals surface area contributed by atoms with E-state index < -0.39 is 12.6 Å². The van der Waals surface area contributed by atoms with Crippen molar-refractivity contribution >= 4 is 29.5 Å². The lowest BCUT2D eigenvalue weighted by Gasteiger charge is -2.14. The average molecular weight is 401 g/mol. The molecule has 10 heteroatoms. The minimum absolute atomic E-state index is 0.0296. The van der Waals surface area contributed by atoms with Gasteiger partial charge in [-0.05, 0) is 30.3 Å². The third-order valence-corrected chi connectivity index (χ3v) is 3.63. The van der Waals surface area contributed by atoms with E-state index >= 15 is 0 Å². The maximum Gasteiger partial charge on any atom is 0.387 e. The van der Waals surface area contributed by atoms with Crippen LogP contribution in [0.25, 0.3) is 0 Å². The molecule has 144 valence electrons. The zero-order chi connectivity index (χ0) is 20.0. The summed E-state index contributed by atoms with van der Waals surface area (Å²) in [6, 6.07) is 6.94. The maximum atomic E-state index is 12.5. The highest BCUT2D eigenvalue weighted by molar-refractivity contribution is 6.33. The highest BCUT2D eigenvalue weighted by Gasteiger charge is 2.17. The number of carboxylic acids is 1. The molecule has 0 atom stereocenters. The fourth-order valence-corrected chi connectivity index (χ4v) is 2.26. The van der Waals surface area contributed by atoms with Crippen molar-refractivity contribution in [1.29, 1.82) is 0 Å². The number of carboxylic acid groups (broad SMARTS) is 1. The third kappa shape index (κ3) is 5.20. The van der Waals surface area contributed by atoms with Gasteiger partial charge in [-0.1, -0.05) is 11.6 Å². The lowest BCUT2D eigenvalue weighted by molar-refractivity contribution is -0.0526. The van der Waals surface area contributed by atoms with E-state index in [2.05, 4.69) is 15.3 Å². The van der Waals surface area contributed by atoms with Crippen molar-refractivity contribution in [3.63, 3.8) is 0 Å². The molecular weight excluding hydrogens is 386 g/mol. The Labute approximate surface area is 158 Å². The minimum atomic E-state index is -3.04. The second-order valence-corrected chi connectivity index (χ2v) is 5.41. The topological polar surface area (TPSA) is 89.4 Å². The van der Waals surface area contributed by atoms with Crippen molar-refractivity contribution < 1.29 is 32.9 Å². The third-order valence-electron chi connectivity index (χ3n) is 3.30. The van der Waals surface area contributed by atoms with E-state index in [1.165, 1.54) is 50.8 Å². The smallest absolute Gasteiger partial charge is 0.387 e. The average Bonchev–Trinajstić information content (AvgIpc) is 2.63. The number of halogens is 3. The van der Waals surface area contributed by atoms with E-state index in [9.17, 15) is 13.6 Å². The van der Waals surface area contributed by atoms with Crippen molar-refractivity contribution in [3.05, 3.63) is 46.5 Å². The van der Waals surface area contributed by atoms with Crippen molar-refractivity contribution in [1.82, 2.24) is 0 Å². The van der Waals surface area contributed by atoms with Gasteiger partial charge >= 0.3 is 12.6 Å². The van der Waals surface area contributed by atoms with Crippen LogP contribution in [0, 0.1) is 0 Å². The van der Waals surface area contributed by atoms with Crippen LogP contribution in [0.2, 0.25) is 5.02 Å². The number of nitrogens with one attached hydrogen (secondary N) is 1. The Morgan fingerprint density at radius 2 is 1.85 bits per heavy atom. The van der Waals surface area contributed by atoms with Crippen LogP contribution >= 0.6 is 11.6 Å². The van der Waals surface area contributed by atoms with E-state index in [0.717, 1.165) is 0 Å². The molecule has 2 aromatic carbocycles. The predicted molar refractivity (Wildman–Crippen MR) is 95.8 cm³/mol. The van der Waals surface area contributed by atoms with Gasteiger partial charge in [-0.25, -0.2) is 4.79 Å². The fraction of sp³-hybridized carbons (Fsp3) is 0.176. The summed E-state index contributed by atoms with van der Waals surface area (Å²) >= 11 is 5.99. The largest absolute Gasteiger partial charge is 0.493 e. The van der Waals surface area contributed by atoms with Gasteiger partial charge in [-0.2, -0.15) is 13.9 Å². The zero-order valence-electron chi connectivity index (χ0n) is 14.2. The van der Waals surface area contributed by atoms with Crippen LogP contribution < -0.4 is 19.6 Å². The highest BCUT2D eigenvalue weighted by Crippen LogP contribution is 2.39. The predicted octanol–water partition coefficient (Wildman–Crippen LogP) is 4.10. The van der Waals surface area contributed by atoms with Crippen molar-refractivity contribution in [2.24, 2.45) is 5.10 Å². The maximum absolute atomic E-state index is 12.5. The minimum Gasteiger partial charge on any atom is -0.493 e. The Morgan fingerprint density at radius 1 is 1.22 bits per heavy atom. The van der Waals surface area contributed by atoms with E-state index in [4.69, 9.17) is 26.2 Å². The molecule has 2 aromatic rings. The van der Waals surface area contributed by atoms with Crippen molar-refractivity contribution in [3.8, 4) is 17.2 Å². The fourth-order valence-electron chi connectivity index (χ4n) is 2.10. The van der Waals surface area contributed by atoms with Gasteiger partial charge in [-0.3, -0.25) is 5.43 Å². The number of hydrazone groups is 1. The number of anilines is 1. The summed E-state index contributed by atoms with van der Waals surface area (Å²) in [6.45, 7) is -3.04. The van der Waals surface area contributed by atoms with Gasteiger partial charge in [0, 0.05) is 5.56 Å². The first-order valence-electron chi connectivity index (χ1n) is 7.38. The quantitative estimate of drug-likeness (QED) is 0.512. The Kier molecular flexibility index (Phi) is 6.78. The van der Waals surface area contributed by atoms with Crippen molar-refractivity contribution in [2.75, 3.05) is 19.6 Å². The van der Waals surface area contributed by atoms with Gasteiger partial charge in [0.1, 0.15) is 0 Å². The SMILES string of the molecule is COc1cc(/C=N\Nc2cc(C(=O)O)ccc2Cl)cc(OC)c1OC(F)F. The van der Waals surface area contributed by atoms with E-state index in [0.29, 0.717) is 5.56 Å². The number of rotatable bonds is 8. The van der Waals surface area contributed by atoms with Gasteiger partial charge < -0.3 is 19.3 Å². The molecule has 2 rings (SSSR count). The molecule has 0 aliphatic heterocycles. The number of aromatic carboxylic acids is 1. The van der Waals surface area contributed by atoms with Gasteiger partial charge in [0.15, 0.2) is 11.5 Å². The van der Waals surface area contributed by atoms with Gasteiger partial charge in [0.05, 0.1) is 36.7 Å². The van der Waals surface area contributed by atoms with Crippen LogP contribution in [0.3, 0.4) is 0 Å². The normalized spacial score (nSPS) is 10.9. The summed E-state index contributed by atoms with van der Waals surface area (Å²) in [7, 11) is 2.59. The summed E-state index contributed by atoms with van der Waals surface area (Å²) < 4.78 is 39.6. The molecule has 0 aliphatic rings. The summed E-state index contributed by atoms with van der Waals surface area (Å²) in [4.78, 5) is 11.0. The first-order valence-corrected chi connectivity index (χ1v) is 7.76. The second kappa shape index (κ2) is 9.04. The van der Waals surface area contributed by atoms with Crippen LogP contribution in [0.5, 0.6) is 17.2 Å². The van der Waals surface area contributed by atoms with E-state index in [-0.39, 0.29) is 33.5 Å². The molecule has 0 heterocycles. The molecule has 0 radical (unpaired) electrons. The number of hydrogen-bond acceptors (Lipinski definition) is 6. The molecule has 0 aromatic heterocycles. The molecule has 0 fully saturated rings. The van der Waals surface area contributed by atoms with E-state index in [1.807, 2.05) is 0 Å². The lowest BCUT2D eigenvalue weighted by atomic mass is 10.2. The molecule has 27 heavy (non-hydrogen) atoms. The summed E-state index contributed by atoms with van der Waals surface area (Å²) in [5.41, 5.74) is 3.39. The highest BCUT2D eigenvalue weighted by atomic mass is 35.5. The van der Waals surface area contributed by atoms with Gasteiger partial charge in [-0.15, -0.1) is 0 Å². The molecule has 0 spiro atoms. The molecule has 0 aliphatic carbocycles. The standard InChI is InChI=1S/C17H15ClF2N2O5/c1-25-13-5-9(6-14(26-2)15(13)27-17(19)20)8-21-22-12-7-10(16(23)24)3-4-11(12)18/h3-8,17,22H,1-2H3,(H,23,24)/b21-8-. The van der Waals surface area contributed by atoms with Crippen LogP contribution in [-0.2, 0) is 0 Å². The molecule has 7 nitrogen and oxygen atoms in total. The van der Waals surface area contributed by atoms with Crippen LogP contribution in [0.1, 0.15) is 15.9 Å². The molecule has 0 bridgehead atoms. The van der Waals surface area contributed by atoms with E-state index in [1.54, 1.807) is 0 Å². The molecule has 0 saturated heterocycles. The number of nitrogens with zero attached hydrogens (tertiary/aromatic N) is 1. The number of alkyl halides is 2. The lowest BCUT2D eigenvalue weighted by Crippen LogP contribution is -2.06. The Balaban J connectivity index is 2.27. The monoisotopic (exact) mass is 400 g/mol. The first-order chi connectivity index (χ1) is 12.8.